The summed E-state index contributed by atoms with van der Waals surface area (Å²) in [7, 11) is 0. The van der Waals surface area contributed by atoms with Crippen LogP contribution in [0, 0.1) is 5.92 Å². The molecule has 1 aliphatic heterocycles. The summed E-state index contributed by atoms with van der Waals surface area (Å²) in [5, 5.41) is 7.66. The molecule has 3 amide bonds. The van der Waals surface area contributed by atoms with Crippen LogP contribution in [0.25, 0.3) is 16.9 Å². The van der Waals surface area contributed by atoms with E-state index >= 15 is 0 Å². The SMILES string of the molecule is NC(=O)C1CCN(C(=O)CCCC(=O)Nc2cc(-c3ccccc3)nn2-c2ccccc2)CC1. The van der Waals surface area contributed by atoms with Crippen molar-refractivity contribution in [1.29, 1.82) is 0 Å². The molecule has 2 heterocycles. The highest BCUT2D eigenvalue weighted by Crippen LogP contribution is 2.25. The number of rotatable bonds is 8. The molecule has 4 rings (SSSR count). The van der Waals surface area contributed by atoms with Crippen molar-refractivity contribution < 1.29 is 14.4 Å². The molecule has 1 aliphatic rings. The zero-order valence-electron chi connectivity index (χ0n) is 19.0. The number of nitrogens with two attached hydrogens (primary N) is 1. The van der Waals surface area contributed by atoms with Crippen molar-refractivity contribution in [2.75, 3.05) is 18.4 Å². The van der Waals surface area contributed by atoms with Crippen LogP contribution in [0.15, 0.2) is 66.7 Å². The third-order valence-electron chi connectivity index (χ3n) is 6.09. The number of nitrogens with one attached hydrogen (secondary N) is 1. The Hall–Kier alpha value is -3.94. The van der Waals surface area contributed by atoms with Gasteiger partial charge in [-0.05, 0) is 31.4 Å². The van der Waals surface area contributed by atoms with Crippen molar-refractivity contribution in [2.45, 2.75) is 32.1 Å². The van der Waals surface area contributed by atoms with Crippen LogP contribution in [0.2, 0.25) is 0 Å². The number of piperidine rings is 1. The number of anilines is 1. The highest BCUT2D eigenvalue weighted by Gasteiger charge is 2.25. The van der Waals surface area contributed by atoms with Crippen LogP contribution in [-0.2, 0) is 14.4 Å². The molecule has 0 atom stereocenters. The standard InChI is InChI=1S/C26H29N5O3/c27-26(34)20-14-16-30(17-15-20)25(33)13-7-12-24(32)28-23-18-22(19-8-3-1-4-9-19)29-31(23)21-10-5-2-6-11-21/h1-6,8-11,18,20H,7,12-17H2,(H2,27,34)(H,28,32). The zero-order chi connectivity index (χ0) is 23.9. The van der Waals surface area contributed by atoms with Gasteiger partial charge in [0.2, 0.25) is 17.7 Å². The Morgan fingerprint density at radius 2 is 1.59 bits per heavy atom. The lowest BCUT2D eigenvalue weighted by Crippen LogP contribution is -2.41. The number of aromatic nitrogens is 2. The maximum atomic E-state index is 12.7. The molecule has 176 valence electrons. The number of nitrogens with zero attached hydrogens (tertiary/aromatic N) is 3. The van der Waals surface area contributed by atoms with E-state index in [9.17, 15) is 14.4 Å². The lowest BCUT2D eigenvalue weighted by atomic mass is 9.96. The van der Waals surface area contributed by atoms with Gasteiger partial charge in [-0.15, -0.1) is 0 Å². The van der Waals surface area contributed by atoms with Gasteiger partial charge in [0.25, 0.3) is 0 Å². The molecule has 1 fully saturated rings. The lowest BCUT2D eigenvalue weighted by molar-refractivity contribution is -0.135. The molecule has 8 heteroatoms. The van der Waals surface area contributed by atoms with Gasteiger partial charge in [0, 0.05) is 43.5 Å². The van der Waals surface area contributed by atoms with Crippen molar-refractivity contribution in [3.63, 3.8) is 0 Å². The van der Waals surface area contributed by atoms with Gasteiger partial charge in [-0.1, -0.05) is 48.5 Å². The maximum Gasteiger partial charge on any atom is 0.225 e. The average molecular weight is 460 g/mol. The minimum Gasteiger partial charge on any atom is -0.369 e. The topological polar surface area (TPSA) is 110 Å². The number of amides is 3. The summed E-state index contributed by atoms with van der Waals surface area (Å²) in [5.41, 5.74) is 7.91. The first-order chi connectivity index (χ1) is 16.5. The van der Waals surface area contributed by atoms with Gasteiger partial charge in [-0.25, -0.2) is 4.68 Å². The fourth-order valence-electron chi connectivity index (χ4n) is 4.16. The molecular formula is C26H29N5O3. The molecule has 2 aromatic carbocycles. The van der Waals surface area contributed by atoms with Crippen molar-refractivity contribution in [3.05, 3.63) is 66.7 Å². The molecule has 0 bridgehead atoms. The molecule has 3 N–H and O–H groups in total. The molecule has 0 aliphatic carbocycles. The number of para-hydroxylation sites is 1. The number of likely N-dealkylation sites (tertiary alicyclic amines) is 1. The van der Waals surface area contributed by atoms with Gasteiger partial charge in [0.05, 0.1) is 11.4 Å². The third kappa shape index (κ3) is 5.70. The van der Waals surface area contributed by atoms with Crippen molar-refractivity contribution >= 4 is 23.5 Å². The molecule has 1 saturated heterocycles. The fraction of sp³-hybridized carbons (Fsp3) is 0.308. The minimum absolute atomic E-state index is 0.0106. The quantitative estimate of drug-likeness (QED) is 0.538. The van der Waals surface area contributed by atoms with Gasteiger partial charge < -0.3 is 16.0 Å². The second-order valence-corrected chi connectivity index (χ2v) is 8.49. The predicted octanol–water partition coefficient (Wildman–Crippen LogP) is 3.37. The molecule has 0 unspecified atom stereocenters. The molecule has 0 saturated carbocycles. The number of hydrogen-bond acceptors (Lipinski definition) is 4. The Labute approximate surface area is 198 Å². The molecule has 34 heavy (non-hydrogen) atoms. The monoisotopic (exact) mass is 459 g/mol. The Balaban J connectivity index is 1.36. The van der Waals surface area contributed by atoms with E-state index in [1.807, 2.05) is 66.7 Å². The lowest BCUT2D eigenvalue weighted by Gasteiger charge is -2.30. The van der Waals surface area contributed by atoms with Crippen LogP contribution < -0.4 is 11.1 Å². The summed E-state index contributed by atoms with van der Waals surface area (Å²) in [4.78, 5) is 38.2. The van der Waals surface area contributed by atoms with E-state index in [1.54, 1.807) is 9.58 Å². The van der Waals surface area contributed by atoms with E-state index < -0.39 is 0 Å². The van der Waals surface area contributed by atoms with Crippen LogP contribution in [0.3, 0.4) is 0 Å². The number of carbonyl (C=O) groups excluding carboxylic acids is 3. The van der Waals surface area contributed by atoms with E-state index in [0.29, 0.717) is 44.6 Å². The summed E-state index contributed by atoms with van der Waals surface area (Å²) in [6.07, 6.45) is 2.18. The Morgan fingerprint density at radius 1 is 0.941 bits per heavy atom. The van der Waals surface area contributed by atoms with Crippen LogP contribution in [0.1, 0.15) is 32.1 Å². The predicted molar refractivity (Wildman–Crippen MR) is 130 cm³/mol. The largest absolute Gasteiger partial charge is 0.369 e. The van der Waals surface area contributed by atoms with Gasteiger partial charge in [0.1, 0.15) is 5.82 Å². The molecule has 8 nitrogen and oxygen atoms in total. The van der Waals surface area contributed by atoms with Gasteiger partial charge in [-0.2, -0.15) is 5.10 Å². The Bertz CT molecular complexity index is 1140. The minimum atomic E-state index is -0.297. The number of hydrogen-bond donors (Lipinski definition) is 2. The summed E-state index contributed by atoms with van der Waals surface area (Å²) in [6.45, 7) is 1.08. The summed E-state index contributed by atoms with van der Waals surface area (Å²) in [5.74, 6) is -0.0257. The van der Waals surface area contributed by atoms with Crippen molar-refractivity contribution in [3.8, 4) is 16.9 Å². The van der Waals surface area contributed by atoms with Gasteiger partial charge in [0.15, 0.2) is 0 Å². The second kappa shape index (κ2) is 10.8. The van der Waals surface area contributed by atoms with Gasteiger partial charge >= 0.3 is 0 Å². The van der Waals surface area contributed by atoms with Crippen LogP contribution in [0.5, 0.6) is 0 Å². The normalized spacial score (nSPS) is 14.1. The first-order valence-corrected chi connectivity index (χ1v) is 11.6. The van der Waals surface area contributed by atoms with E-state index in [-0.39, 0.29) is 30.1 Å². The van der Waals surface area contributed by atoms with Crippen molar-refractivity contribution in [1.82, 2.24) is 14.7 Å². The summed E-state index contributed by atoms with van der Waals surface area (Å²) in [6, 6.07) is 21.3. The Morgan fingerprint density at radius 3 is 2.24 bits per heavy atom. The van der Waals surface area contributed by atoms with E-state index in [1.165, 1.54) is 0 Å². The number of benzene rings is 2. The average Bonchev–Trinajstić information content (AvgIpc) is 3.28. The van der Waals surface area contributed by atoms with Crippen molar-refractivity contribution in [2.24, 2.45) is 11.7 Å². The van der Waals surface area contributed by atoms with E-state index in [4.69, 9.17) is 10.8 Å². The van der Waals surface area contributed by atoms with Crippen LogP contribution in [-0.4, -0.2) is 45.5 Å². The summed E-state index contributed by atoms with van der Waals surface area (Å²) < 4.78 is 1.72. The molecular weight excluding hydrogens is 430 g/mol. The first-order valence-electron chi connectivity index (χ1n) is 11.6. The molecule has 0 spiro atoms. The van der Waals surface area contributed by atoms with Crippen LogP contribution >= 0.6 is 0 Å². The number of carbonyl (C=O) groups is 3. The second-order valence-electron chi connectivity index (χ2n) is 8.49. The fourth-order valence-corrected chi connectivity index (χ4v) is 4.16. The molecule has 0 radical (unpaired) electrons. The zero-order valence-corrected chi connectivity index (χ0v) is 19.0. The maximum absolute atomic E-state index is 12.7. The molecule has 1 aromatic heterocycles. The third-order valence-corrected chi connectivity index (χ3v) is 6.09. The van der Waals surface area contributed by atoms with E-state index in [2.05, 4.69) is 5.32 Å². The highest BCUT2D eigenvalue weighted by molar-refractivity contribution is 5.91. The van der Waals surface area contributed by atoms with Crippen LogP contribution in [0.4, 0.5) is 5.82 Å². The summed E-state index contributed by atoms with van der Waals surface area (Å²) >= 11 is 0. The number of primary amides is 1. The highest BCUT2D eigenvalue weighted by atomic mass is 16.2. The smallest absolute Gasteiger partial charge is 0.225 e. The molecule has 3 aromatic rings. The van der Waals surface area contributed by atoms with Gasteiger partial charge in [-0.3, -0.25) is 14.4 Å². The Kier molecular flexibility index (Phi) is 7.37. The van der Waals surface area contributed by atoms with E-state index in [0.717, 1.165) is 16.9 Å². The first kappa shape index (κ1) is 23.2.